The summed E-state index contributed by atoms with van der Waals surface area (Å²) in [7, 11) is 2.21. The number of piperazine rings is 1. The molecule has 0 aliphatic carbocycles. The number of nitriles is 1. The SMILES string of the molecule is CCN1CC[C@]2(CCC1=O)CN(Cc1ccc(C#N)cc1)CCN2C. The Morgan fingerprint density at radius 3 is 2.60 bits per heavy atom. The maximum atomic E-state index is 12.3. The molecular formula is C20H28N4O. The Morgan fingerprint density at radius 2 is 1.92 bits per heavy atom. The van der Waals surface area contributed by atoms with Crippen molar-refractivity contribution in [2.75, 3.05) is 39.8 Å². The first-order valence-corrected chi connectivity index (χ1v) is 9.27. The van der Waals surface area contributed by atoms with E-state index in [0.717, 1.165) is 52.1 Å². The number of benzene rings is 1. The molecule has 2 saturated heterocycles. The Balaban J connectivity index is 1.70. The summed E-state index contributed by atoms with van der Waals surface area (Å²) in [5, 5.41) is 8.94. The number of carbonyl (C=O) groups is 1. The topological polar surface area (TPSA) is 50.6 Å². The molecule has 5 heteroatoms. The van der Waals surface area contributed by atoms with Gasteiger partial charge in [-0.15, -0.1) is 0 Å². The van der Waals surface area contributed by atoms with E-state index < -0.39 is 0 Å². The molecule has 1 spiro atoms. The molecule has 0 bridgehead atoms. The third-order valence-electron chi connectivity index (χ3n) is 5.95. The molecule has 2 heterocycles. The largest absolute Gasteiger partial charge is 0.343 e. The van der Waals surface area contributed by atoms with E-state index in [1.54, 1.807) is 0 Å². The van der Waals surface area contributed by atoms with E-state index in [1.165, 1.54) is 5.56 Å². The molecule has 134 valence electrons. The summed E-state index contributed by atoms with van der Waals surface area (Å²) in [5.74, 6) is 0.303. The Bertz CT molecular complexity index is 651. The minimum atomic E-state index is 0.102. The number of likely N-dealkylation sites (N-methyl/N-ethyl adjacent to an activating group) is 1. The normalized spacial score (nSPS) is 25.8. The Labute approximate surface area is 150 Å². The summed E-state index contributed by atoms with van der Waals surface area (Å²) in [6.07, 6.45) is 2.65. The fraction of sp³-hybridized carbons (Fsp3) is 0.600. The summed E-state index contributed by atoms with van der Waals surface area (Å²) in [6, 6.07) is 10.1. The van der Waals surface area contributed by atoms with Crippen LogP contribution >= 0.6 is 0 Å². The molecule has 1 aromatic carbocycles. The Morgan fingerprint density at radius 1 is 1.16 bits per heavy atom. The van der Waals surface area contributed by atoms with E-state index in [1.807, 2.05) is 17.0 Å². The Hall–Kier alpha value is -1.90. The maximum absolute atomic E-state index is 12.3. The van der Waals surface area contributed by atoms with Crippen LogP contribution in [0.4, 0.5) is 0 Å². The third kappa shape index (κ3) is 3.86. The predicted octanol–water partition coefficient (Wildman–Crippen LogP) is 2.08. The van der Waals surface area contributed by atoms with Crippen molar-refractivity contribution >= 4 is 5.91 Å². The molecule has 0 unspecified atom stereocenters. The molecule has 1 atom stereocenters. The number of nitrogens with zero attached hydrogens (tertiary/aromatic N) is 4. The fourth-order valence-corrected chi connectivity index (χ4v) is 4.19. The molecule has 2 aliphatic heterocycles. The number of carbonyl (C=O) groups excluding carboxylic acids is 1. The van der Waals surface area contributed by atoms with Gasteiger partial charge in [-0.2, -0.15) is 5.26 Å². The lowest BCUT2D eigenvalue weighted by Gasteiger charge is -2.49. The van der Waals surface area contributed by atoms with Gasteiger partial charge in [-0.05, 0) is 44.5 Å². The van der Waals surface area contributed by atoms with Crippen LogP contribution in [-0.4, -0.2) is 65.9 Å². The van der Waals surface area contributed by atoms with Crippen molar-refractivity contribution in [3.63, 3.8) is 0 Å². The summed E-state index contributed by atoms with van der Waals surface area (Å²) in [4.78, 5) is 19.3. The van der Waals surface area contributed by atoms with E-state index in [2.05, 4.69) is 42.0 Å². The second-order valence-corrected chi connectivity index (χ2v) is 7.39. The fourth-order valence-electron chi connectivity index (χ4n) is 4.19. The zero-order chi connectivity index (χ0) is 17.9. The molecule has 3 rings (SSSR count). The van der Waals surface area contributed by atoms with Crippen LogP contribution in [0.5, 0.6) is 0 Å². The second kappa shape index (κ2) is 7.55. The highest BCUT2D eigenvalue weighted by molar-refractivity contribution is 5.76. The zero-order valence-electron chi connectivity index (χ0n) is 15.4. The summed E-state index contributed by atoms with van der Waals surface area (Å²) >= 11 is 0. The first-order valence-electron chi connectivity index (χ1n) is 9.27. The minimum absolute atomic E-state index is 0.102. The number of rotatable bonds is 3. The van der Waals surface area contributed by atoms with Crippen molar-refractivity contribution in [2.24, 2.45) is 0 Å². The molecule has 0 aromatic heterocycles. The average Bonchev–Trinajstić information content (AvgIpc) is 2.79. The lowest BCUT2D eigenvalue weighted by Crippen LogP contribution is -2.60. The van der Waals surface area contributed by atoms with E-state index >= 15 is 0 Å². The lowest BCUT2D eigenvalue weighted by molar-refractivity contribution is -0.130. The van der Waals surface area contributed by atoms with Gasteiger partial charge in [0.25, 0.3) is 0 Å². The van der Waals surface area contributed by atoms with Crippen LogP contribution in [0.1, 0.15) is 37.3 Å². The number of hydrogen-bond donors (Lipinski definition) is 0. The van der Waals surface area contributed by atoms with Crippen molar-refractivity contribution in [1.29, 1.82) is 5.26 Å². The highest BCUT2D eigenvalue weighted by Gasteiger charge is 2.41. The van der Waals surface area contributed by atoms with Gasteiger partial charge in [-0.3, -0.25) is 14.6 Å². The second-order valence-electron chi connectivity index (χ2n) is 7.39. The van der Waals surface area contributed by atoms with Crippen molar-refractivity contribution in [3.8, 4) is 6.07 Å². The van der Waals surface area contributed by atoms with E-state index in [9.17, 15) is 4.79 Å². The molecule has 5 nitrogen and oxygen atoms in total. The molecule has 1 aromatic rings. The highest BCUT2D eigenvalue weighted by Crippen LogP contribution is 2.32. The molecule has 2 aliphatic rings. The van der Waals surface area contributed by atoms with Crippen LogP contribution in [0.15, 0.2) is 24.3 Å². The maximum Gasteiger partial charge on any atom is 0.222 e. The molecule has 0 radical (unpaired) electrons. The van der Waals surface area contributed by atoms with E-state index in [-0.39, 0.29) is 5.54 Å². The zero-order valence-corrected chi connectivity index (χ0v) is 15.4. The van der Waals surface area contributed by atoms with Gasteiger partial charge in [0.05, 0.1) is 11.6 Å². The third-order valence-corrected chi connectivity index (χ3v) is 5.95. The van der Waals surface area contributed by atoms with Crippen LogP contribution in [0.2, 0.25) is 0 Å². The first kappa shape index (κ1) is 17.9. The Kier molecular flexibility index (Phi) is 5.41. The summed E-state index contributed by atoms with van der Waals surface area (Å²) in [6.45, 7) is 7.75. The number of amides is 1. The number of hydrogen-bond acceptors (Lipinski definition) is 4. The van der Waals surface area contributed by atoms with Crippen LogP contribution < -0.4 is 0 Å². The predicted molar refractivity (Wildman–Crippen MR) is 97.9 cm³/mol. The van der Waals surface area contributed by atoms with Gasteiger partial charge >= 0.3 is 0 Å². The summed E-state index contributed by atoms with van der Waals surface area (Å²) in [5.41, 5.74) is 2.06. The highest BCUT2D eigenvalue weighted by atomic mass is 16.2. The van der Waals surface area contributed by atoms with Crippen LogP contribution in [0.3, 0.4) is 0 Å². The van der Waals surface area contributed by atoms with Crippen LogP contribution in [-0.2, 0) is 11.3 Å². The quantitative estimate of drug-likeness (QED) is 0.845. The van der Waals surface area contributed by atoms with Gasteiger partial charge < -0.3 is 4.90 Å². The molecule has 0 saturated carbocycles. The smallest absolute Gasteiger partial charge is 0.222 e. The van der Waals surface area contributed by atoms with Crippen molar-refractivity contribution in [1.82, 2.24) is 14.7 Å². The first-order chi connectivity index (χ1) is 12.1. The van der Waals surface area contributed by atoms with Crippen LogP contribution in [0.25, 0.3) is 0 Å². The van der Waals surface area contributed by atoms with Gasteiger partial charge in [0, 0.05) is 51.2 Å². The summed E-state index contributed by atoms with van der Waals surface area (Å²) < 4.78 is 0. The van der Waals surface area contributed by atoms with E-state index in [0.29, 0.717) is 17.9 Å². The van der Waals surface area contributed by atoms with Crippen molar-refractivity contribution < 1.29 is 4.79 Å². The lowest BCUT2D eigenvalue weighted by atomic mass is 9.86. The van der Waals surface area contributed by atoms with Gasteiger partial charge in [-0.25, -0.2) is 0 Å². The van der Waals surface area contributed by atoms with Gasteiger partial charge in [0.2, 0.25) is 5.91 Å². The van der Waals surface area contributed by atoms with Gasteiger partial charge in [-0.1, -0.05) is 12.1 Å². The average molecular weight is 340 g/mol. The van der Waals surface area contributed by atoms with Crippen molar-refractivity contribution in [2.45, 2.75) is 38.3 Å². The molecule has 2 fully saturated rings. The molecule has 25 heavy (non-hydrogen) atoms. The van der Waals surface area contributed by atoms with Gasteiger partial charge in [0.1, 0.15) is 0 Å². The standard InChI is InChI=1S/C20H28N4O/c1-3-24-11-10-20(9-8-19(24)25)16-23(13-12-22(20)2)15-18-6-4-17(14-21)5-7-18/h4-7H,3,8-13,15-16H2,1-2H3/t20-/m1/s1. The van der Waals surface area contributed by atoms with Gasteiger partial charge in [0.15, 0.2) is 0 Å². The molecule has 1 amide bonds. The number of likely N-dealkylation sites (tertiary alicyclic amines) is 1. The van der Waals surface area contributed by atoms with Crippen LogP contribution in [0, 0.1) is 11.3 Å². The molecular weight excluding hydrogens is 312 g/mol. The molecule has 0 N–H and O–H groups in total. The minimum Gasteiger partial charge on any atom is -0.343 e. The van der Waals surface area contributed by atoms with E-state index in [4.69, 9.17) is 5.26 Å². The monoisotopic (exact) mass is 340 g/mol. The van der Waals surface area contributed by atoms with Crippen molar-refractivity contribution in [3.05, 3.63) is 35.4 Å².